The Kier molecular flexibility index (Phi) is 2.46. The topological polar surface area (TPSA) is 12.0 Å². The molecule has 0 amide bonds. The lowest BCUT2D eigenvalue weighted by molar-refractivity contribution is 0.827. The maximum absolute atomic E-state index is 3.15. The number of rotatable bonds is 2. The molecule has 0 aliphatic carbocycles. The van der Waals surface area contributed by atoms with Crippen molar-refractivity contribution in [3.8, 4) is 0 Å². The number of nitrogens with one attached hydrogen (secondary N) is 1. The van der Waals surface area contributed by atoms with Crippen LogP contribution < -0.4 is 5.32 Å². The van der Waals surface area contributed by atoms with Gasteiger partial charge in [0, 0.05) is 16.3 Å². The third-order valence-corrected chi connectivity index (χ3v) is 2.63. The predicted molar refractivity (Wildman–Crippen MR) is 46.6 cm³/mol. The molecular formula is C8H13NS. The van der Waals surface area contributed by atoms with Crippen molar-refractivity contribution in [3.63, 3.8) is 0 Å². The SMILES string of the molecule is CNCc1sc(C)cc1C. The largest absolute Gasteiger partial charge is 0.315 e. The molecule has 56 valence electrons. The minimum absolute atomic E-state index is 1.00. The predicted octanol–water partition coefficient (Wildman–Crippen LogP) is 2.08. The number of hydrogen-bond acceptors (Lipinski definition) is 2. The summed E-state index contributed by atoms with van der Waals surface area (Å²) in [5, 5.41) is 3.15. The normalized spacial score (nSPS) is 10.3. The van der Waals surface area contributed by atoms with Crippen LogP contribution in [0.15, 0.2) is 6.07 Å². The van der Waals surface area contributed by atoms with E-state index in [1.54, 1.807) is 0 Å². The lowest BCUT2D eigenvalue weighted by Crippen LogP contribution is -2.03. The van der Waals surface area contributed by atoms with Gasteiger partial charge in [0.05, 0.1) is 0 Å². The van der Waals surface area contributed by atoms with Crippen molar-refractivity contribution in [3.05, 3.63) is 21.4 Å². The molecule has 1 rings (SSSR count). The highest BCUT2D eigenvalue weighted by Gasteiger charge is 1.99. The molecule has 0 aliphatic rings. The molecule has 0 aliphatic heterocycles. The monoisotopic (exact) mass is 155 g/mol. The summed E-state index contributed by atoms with van der Waals surface area (Å²) in [5.41, 5.74) is 1.41. The molecule has 0 saturated heterocycles. The zero-order chi connectivity index (χ0) is 7.56. The van der Waals surface area contributed by atoms with Gasteiger partial charge in [0.1, 0.15) is 0 Å². The van der Waals surface area contributed by atoms with Gasteiger partial charge in [-0.2, -0.15) is 0 Å². The molecule has 0 fully saturated rings. The Morgan fingerprint density at radius 1 is 1.50 bits per heavy atom. The molecule has 1 aromatic heterocycles. The zero-order valence-corrected chi connectivity index (χ0v) is 7.51. The molecule has 0 atom stereocenters. The van der Waals surface area contributed by atoms with E-state index >= 15 is 0 Å². The van der Waals surface area contributed by atoms with Crippen LogP contribution in [0.1, 0.15) is 15.3 Å². The van der Waals surface area contributed by atoms with E-state index in [4.69, 9.17) is 0 Å². The molecular weight excluding hydrogens is 142 g/mol. The molecule has 10 heavy (non-hydrogen) atoms. The third kappa shape index (κ3) is 1.58. The Hall–Kier alpha value is -0.340. The van der Waals surface area contributed by atoms with Crippen LogP contribution in [0.25, 0.3) is 0 Å². The zero-order valence-electron chi connectivity index (χ0n) is 6.69. The van der Waals surface area contributed by atoms with Gasteiger partial charge >= 0.3 is 0 Å². The molecule has 0 spiro atoms. The molecule has 0 aromatic carbocycles. The van der Waals surface area contributed by atoms with Crippen LogP contribution in [0.5, 0.6) is 0 Å². The minimum atomic E-state index is 1.00. The average Bonchev–Trinajstić information content (AvgIpc) is 2.13. The first-order valence-electron chi connectivity index (χ1n) is 3.44. The van der Waals surface area contributed by atoms with E-state index in [0.717, 1.165) is 6.54 Å². The van der Waals surface area contributed by atoms with Gasteiger partial charge in [-0.1, -0.05) is 0 Å². The first-order chi connectivity index (χ1) is 4.74. The summed E-state index contributed by atoms with van der Waals surface area (Å²) in [6.45, 7) is 5.32. The van der Waals surface area contributed by atoms with E-state index in [-0.39, 0.29) is 0 Å². The van der Waals surface area contributed by atoms with Gasteiger partial charge in [-0.25, -0.2) is 0 Å². The van der Waals surface area contributed by atoms with Crippen LogP contribution in [0.4, 0.5) is 0 Å². The molecule has 0 unspecified atom stereocenters. The molecule has 0 radical (unpaired) electrons. The van der Waals surface area contributed by atoms with Crippen molar-refractivity contribution in [2.75, 3.05) is 7.05 Å². The highest BCUT2D eigenvalue weighted by molar-refractivity contribution is 7.12. The highest BCUT2D eigenvalue weighted by Crippen LogP contribution is 2.20. The van der Waals surface area contributed by atoms with Gasteiger partial charge in [0.2, 0.25) is 0 Å². The van der Waals surface area contributed by atoms with E-state index in [9.17, 15) is 0 Å². The summed E-state index contributed by atoms with van der Waals surface area (Å²) >= 11 is 1.88. The summed E-state index contributed by atoms with van der Waals surface area (Å²) in [7, 11) is 1.98. The number of hydrogen-bond donors (Lipinski definition) is 1. The van der Waals surface area contributed by atoms with Crippen LogP contribution in [-0.4, -0.2) is 7.05 Å². The molecule has 2 heteroatoms. The van der Waals surface area contributed by atoms with Gasteiger partial charge in [-0.15, -0.1) is 11.3 Å². The summed E-state index contributed by atoms with van der Waals surface area (Å²) in [6.07, 6.45) is 0. The molecule has 1 aromatic rings. The van der Waals surface area contributed by atoms with Crippen molar-refractivity contribution in [1.82, 2.24) is 5.32 Å². The lowest BCUT2D eigenvalue weighted by atomic mass is 10.3. The fraction of sp³-hybridized carbons (Fsp3) is 0.500. The maximum atomic E-state index is 3.15. The van der Waals surface area contributed by atoms with Crippen LogP contribution in [0, 0.1) is 13.8 Å². The Labute approximate surface area is 66.1 Å². The molecule has 1 nitrogen and oxygen atoms in total. The fourth-order valence-electron chi connectivity index (χ4n) is 1.03. The Morgan fingerprint density at radius 3 is 2.60 bits per heavy atom. The summed E-state index contributed by atoms with van der Waals surface area (Å²) in [5.74, 6) is 0. The van der Waals surface area contributed by atoms with Crippen LogP contribution in [0.2, 0.25) is 0 Å². The van der Waals surface area contributed by atoms with E-state index in [2.05, 4.69) is 25.2 Å². The fourth-order valence-corrected chi connectivity index (χ4v) is 2.09. The highest BCUT2D eigenvalue weighted by atomic mass is 32.1. The molecule has 0 bridgehead atoms. The van der Waals surface area contributed by atoms with Crippen molar-refractivity contribution >= 4 is 11.3 Å². The average molecular weight is 155 g/mol. The Morgan fingerprint density at radius 2 is 2.20 bits per heavy atom. The standard InChI is InChI=1S/C8H13NS/c1-6-4-7(2)10-8(6)5-9-3/h4,9H,5H2,1-3H3. The van der Waals surface area contributed by atoms with Gasteiger partial charge in [0.25, 0.3) is 0 Å². The van der Waals surface area contributed by atoms with Crippen molar-refractivity contribution in [1.29, 1.82) is 0 Å². The van der Waals surface area contributed by atoms with Crippen LogP contribution >= 0.6 is 11.3 Å². The maximum Gasteiger partial charge on any atom is 0.0299 e. The van der Waals surface area contributed by atoms with Crippen molar-refractivity contribution < 1.29 is 0 Å². The van der Waals surface area contributed by atoms with Gasteiger partial charge in [-0.05, 0) is 32.5 Å². The second kappa shape index (κ2) is 3.17. The summed E-state index contributed by atoms with van der Waals surface area (Å²) in [6, 6.07) is 2.23. The van der Waals surface area contributed by atoms with E-state index < -0.39 is 0 Å². The van der Waals surface area contributed by atoms with Crippen LogP contribution in [0.3, 0.4) is 0 Å². The molecule has 0 saturated carbocycles. The Bertz CT molecular complexity index is 215. The summed E-state index contributed by atoms with van der Waals surface area (Å²) < 4.78 is 0. The van der Waals surface area contributed by atoms with Crippen molar-refractivity contribution in [2.24, 2.45) is 0 Å². The van der Waals surface area contributed by atoms with Gasteiger partial charge in [-0.3, -0.25) is 0 Å². The Balaban J connectivity index is 2.81. The van der Waals surface area contributed by atoms with Crippen LogP contribution in [-0.2, 0) is 6.54 Å². The summed E-state index contributed by atoms with van der Waals surface area (Å²) in [4.78, 5) is 2.86. The quantitative estimate of drug-likeness (QED) is 0.689. The number of thiophene rings is 1. The lowest BCUT2D eigenvalue weighted by Gasteiger charge is -1.94. The minimum Gasteiger partial charge on any atom is -0.315 e. The van der Waals surface area contributed by atoms with Gasteiger partial charge < -0.3 is 5.32 Å². The first-order valence-corrected chi connectivity index (χ1v) is 4.26. The van der Waals surface area contributed by atoms with Crippen molar-refractivity contribution in [2.45, 2.75) is 20.4 Å². The molecule has 1 heterocycles. The van der Waals surface area contributed by atoms with E-state index in [1.165, 1.54) is 15.3 Å². The number of aryl methyl sites for hydroxylation is 2. The second-order valence-electron chi connectivity index (χ2n) is 2.49. The van der Waals surface area contributed by atoms with E-state index in [0.29, 0.717) is 0 Å². The third-order valence-electron chi connectivity index (χ3n) is 1.48. The smallest absolute Gasteiger partial charge is 0.0299 e. The second-order valence-corrected chi connectivity index (χ2v) is 3.83. The van der Waals surface area contributed by atoms with E-state index in [1.807, 2.05) is 18.4 Å². The first kappa shape index (κ1) is 7.76. The van der Waals surface area contributed by atoms with Gasteiger partial charge in [0.15, 0.2) is 0 Å². The molecule has 1 N–H and O–H groups in total.